The summed E-state index contributed by atoms with van der Waals surface area (Å²) in [5.74, 6) is -1.80. The number of nitrogens with zero attached hydrogens (tertiary/aromatic N) is 1. The Morgan fingerprint density at radius 1 is 1.03 bits per heavy atom. The van der Waals surface area contributed by atoms with E-state index in [9.17, 15) is 19.5 Å². The number of benzene rings is 2. The van der Waals surface area contributed by atoms with Gasteiger partial charge in [-0.2, -0.15) is 0 Å². The lowest BCUT2D eigenvalue weighted by molar-refractivity contribution is -0.140. The summed E-state index contributed by atoms with van der Waals surface area (Å²) in [6.45, 7) is 0.0917. The Balaban J connectivity index is 1.36. The SMILES string of the molecule is CN(C)C1CC(NC(=O)C(CC(=O)O)NC(=O)OCC2c3ccccc3-c3ccccc32)C1. The van der Waals surface area contributed by atoms with Gasteiger partial charge in [-0.25, -0.2) is 4.79 Å². The van der Waals surface area contributed by atoms with Crippen molar-refractivity contribution in [3.63, 3.8) is 0 Å². The first-order valence-corrected chi connectivity index (χ1v) is 11.1. The molecule has 0 heterocycles. The van der Waals surface area contributed by atoms with E-state index in [0.717, 1.165) is 35.1 Å². The number of amides is 2. The summed E-state index contributed by atoms with van der Waals surface area (Å²) in [5.41, 5.74) is 4.38. The third-order valence-corrected chi connectivity index (χ3v) is 6.52. The van der Waals surface area contributed by atoms with Crippen LogP contribution in [0.15, 0.2) is 48.5 Å². The maximum Gasteiger partial charge on any atom is 0.407 e. The van der Waals surface area contributed by atoms with Gasteiger partial charge in [-0.3, -0.25) is 9.59 Å². The van der Waals surface area contributed by atoms with Gasteiger partial charge < -0.3 is 25.4 Å². The highest BCUT2D eigenvalue weighted by molar-refractivity contribution is 5.89. The molecule has 2 aromatic carbocycles. The van der Waals surface area contributed by atoms with Gasteiger partial charge >= 0.3 is 12.1 Å². The lowest BCUT2D eigenvalue weighted by Crippen LogP contribution is -2.56. The number of nitrogens with one attached hydrogen (secondary N) is 2. The van der Waals surface area contributed by atoms with Crippen molar-refractivity contribution in [1.29, 1.82) is 0 Å². The Morgan fingerprint density at radius 3 is 2.15 bits per heavy atom. The van der Waals surface area contributed by atoms with Crippen LogP contribution in [0.2, 0.25) is 0 Å². The number of carbonyl (C=O) groups excluding carboxylic acids is 2. The van der Waals surface area contributed by atoms with Gasteiger partial charge in [-0.1, -0.05) is 48.5 Å². The standard InChI is InChI=1S/C25H29N3O5/c1-28(2)16-11-15(12-16)26-24(31)22(13-23(29)30)27-25(32)33-14-21-19-9-5-3-7-17(19)18-8-4-6-10-20(18)21/h3-10,15-16,21-22H,11-14H2,1-2H3,(H,26,31)(H,27,32)(H,29,30). The van der Waals surface area contributed by atoms with Crippen LogP contribution in [0.25, 0.3) is 11.1 Å². The molecule has 0 spiro atoms. The first kappa shape index (κ1) is 22.8. The van der Waals surface area contributed by atoms with E-state index in [2.05, 4.69) is 15.5 Å². The number of hydrogen-bond acceptors (Lipinski definition) is 5. The summed E-state index contributed by atoms with van der Waals surface area (Å²) in [5, 5.41) is 14.5. The van der Waals surface area contributed by atoms with Crippen LogP contribution in [-0.2, 0) is 14.3 Å². The fourth-order valence-corrected chi connectivity index (χ4v) is 4.60. The highest BCUT2D eigenvalue weighted by Gasteiger charge is 2.34. The van der Waals surface area contributed by atoms with Gasteiger partial charge in [0, 0.05) is 18.0 Å². The zero-order valence-electron chi connectivity index (χ0n) is 18.8. The molecule has 8 heteroatoms. The number of aliphatic carboxylic acids is 1. The summed E-state index contributed by atoms with van der Waals surface area (Å²) in [4.78, 5) is 38.5. The highest BCUT2D eigenvalue weighted by atomic mass is 16.5. The van der Waals surface area contributed by atoms with E-state index in [0.29, 0.717) is 6.04 Å². The summed E-state index contributed by atoms with van der Waals surface area (Å²) >= 11 is 0. The second-order valence-corrected chi connectivity index (χ2v) is 8.91. The molecule has 0 aliphatic heterocycles. The van der Waals surface area contributed by atoms with E-state index in [4.69, 9.17) is 4.74 Å². The van der Waals surface area contributed by atoms with Crippen LogP contribution in [-0.4, -0.2) is 66.8 Å². The van der Waals surface area contributed by atoms with Crippen LogP contribution in [0.4, 0.5) is 4.79 Å². The van der Waals surface area contributed by atoms with Gasteiger partial charge in [-0.05, 0) is 49.2 Å². The van der Waals surface area contributed by atoms with Crippen LogP contribution in [0.5, 0.6) is 0 Å². The molecule has 2 amide bonds. The van der Waals surface area contributed by atoms with Gasteiger partial charge in [0.2, 0.25) is 5.91 Å². The Labute approximate surface area is 192 Å². The van der Waals surface area contributed by atoms with Gasteiger partial charge in [0.1, 0.15) is 12.6 Å². The molecule has 0 bridgehead atoms. The quantitative estimate of drug-likeness (QED) is 0.569. The smallest absolute Gasteiger partial charge is 0.407 e. The van der Waals surface area contributed by atoms with Crippen LogP contribution in [0, 0.1) is 0 Å². The molecule has 2 aliphatic carbocycles. The van der Waals surface area contributed by atoms with Crippen molar-refractivity contribution in [3.8, 4) is 11.1 Å². The predicted molar refractivity (Wildman–Crippen MR) is 123 cm³/mol. The largest absolute Gasteiger partial charge is 0.481 e. The second kappa shape index (κ2) is 9.62. The van der Waals surface area contributed by atoms with E-state index in [-0.39, 0.29) is 18.6 Å². The molecule has 1 atom stereocenters. The van der Waals surface area contributed by atoms with E-state index >= 15 is 0 Å². The Morgan fingerprint density at radius 2 is 1.61 bits per heavy atom. The normalized spacial score (nSPS) is 19.7. The summed E-state index contributed by atoms with van der Waals surface area (Å²) < 4.78 is 5.47. The minimum absolute atomic E-state index is 0.0227. The number of alkyl carbamates (subject to hydrolysis) is 1. The minimum atomic E-state index is -1.20. The van der Waals surface area contributed by atoms with Crippen LogP contribution >= 0.6 is 0 Å². The van der Waals surface area contributed by atoms with Gasteiger partial charge in [-0.15, -0.1) is 0 Å². The van der Waals surface area contributed by atoms with Crippen molar-refractivity contribution in [1.82, 2.24) is 15.5 Å². The van der Waals surface area contributed by atoms with Gasteiger partial charge in [0.25, 0.3) is 0 Å². The molecular formula is C25H29N3O5. The van der Waals surface area contributed by atoms with Crippen LogP contribution in [0.3, 0.4) is 0 Å². The summed E-state index contributed by atoms with van der Waals surface area (Å²) in [6.07, 6.45) is 0.269. The third kappa shape index (κ3) is 5.01. The van der Waals surface area contributed by atoms with Crippen molar-refractivity contribution in [2.45, 2.75) is 43.3 Å². The fraction of sp³-hybridized carbons (Fsp3) is 0.400. The van der Waals surface area contributed by atoms with E-state index in [1.165, 1.54) is 0 Å². The zero-order valence-corrected chi connectivity index (χ0v) is 18.8. The molecule has 33 heavy (non-hydrogen) atoms. The number of carboxylic acid groups (broad SMARTS) is 1. The summed E-state index contributed by atoms with van der Waals surface area (Å²) in [6, 6.07) is 15.1. The topological polar surface area (TPSA) is 108 Å². The summed E-state index contributed by atoms with van der Waals surface area (Å²) in [7, 11) is 3.96. The Bertz CT molecular complexity index is 1000. The van der Waals surface area contributed by atoms with Crippen molar-refractivity contribution in [3.05, 3.63) is 59.7 Å². The molecule has 2 aromatic rings. The number of carbonyl (C=O) groups is 3. The molecule has 1 fully saturated rings. The van der Waals surface area contributed by atoms with Crippen molar-refractivity contribution >= 4 is 18.0 Å². The molecule has 0 saturated heterocycles. The molecule has 0 radical (unpaired) electrons. The first-order valence-electron chi connectivity index (χ1n) is 11.1. The number of rotatable bonds is 8. The van der Waals surface area contributed by atoms with Gasteiger partial charge in [0.05, 0.1) is 6.42 Å². The maximum atomic E-state index is 12.6. The average Bonchev–Trinajstić information content (AvgIpc) is 3.07. The molecule has 2 aliphatic rings. The molecule has 0 aromatic heterocycles. The predicted octanol–water partition coefficient (Wildman–Crippen LogP) is 2.58. The van der Waals surface area contributed by atoms with E-state index < -0.39 is 30.4 Å². The molecule has 3 N–H and O–H groups in total. The third-order valence-electron chi connectivity index (χ3n) is 6.52. The maximum absolute atomic E-state index is 12.6. The van der Waals surface area contributed by atoms with Crippen LogP contribution < -0.4 is 10.6 Å². The number of ether oxygens (including phenoxy) is 1. The van der Waals surface area contributed by atoms with E-state index in [1.807, 2.05) is 62.6 Å². The van der Waals surface area contributed by atoms with Crippen molar-refractivity contribution in [2.75, 3.05) is 20.7 Å². The number of hydrogen-bond donors (Lipinski definition) is 3. The van der Waals surface area contributed by atoms with Gasteiger partial charge in [0.15, 0.2) is 0 Å². The molecule has 174 valence electrons. The highest BCUT2D eigenvalue weighted by Crippen LogP contribution is 2.44. The molecule has 8 nitrogen and oxygen atoms in total. The van der Waals surface area contributed by atoms with E-state index in [1.54, 1.807) is 0 Å². The zero-order chi connectivity index (χ0) is 23.5. The Kier molecular flexibility index (Phi) is 6.65. The van der Waals surface area contributed by atoms with Crippen LogP contribution in [0.1, 0.15) is 36.3 Å². The second-order valence-electron chi connectivity index (χ2n) is 8.91. The molecule has 1 saturated carbocycles. The first-order chi connectivity index (χ1) is 15.8. The monoisotopic (exact) mass is 451 g/mol. The Hall–Kier alpha value is -3.39. The lowest BCUT2D eigenvalue weighted by atomic mass is 9.85. The molecular weight excluding hydrogens is 422 g/mol. The average molecular weight is 452 g/mol. The number of carboxylic acids is 1. The fourth-order valence-electron chi connectivity index (χ4n) is 4.60. The van der Waals surface area contributed by atoms with Crippen molar-refractivity contribution in [2.24, 2.45) is 0 Å². The lowest BCUT2D eigenvalue weighted by Gasteiger charge is -2.40. The molecule has 1 unspecified atom stereocenters. The molecule has 4 rings (SSSR count). The minimum Gasteiger partial charge on any atom is -0.481 e. The number of fused-ring (bicyclic) bond motifs is 3. The van der Waals surface area contributed by atoms with Crippen molar-refractivity contribution < 1.29 is 24.2 Å².